The van der Waals surface area contributed by atoms with Gasteiger partial charge >= 0.3 is 5.69 Å². The van der Waals surface area contributed by atoms with Gasteiger partial charge in [0, 0.05) is 30.3 Å². The third-order valence-electron chi connectivity index (χ3n) is 5.05. The third kappa shape index (κ3) is 3.14. The minimum atomic E-state index is -0.807. The van der Waals surface area contributed by atoms with Crippen molar-refractivity contribution in [3.8, 4) is 0 Å². The van der Waals surface area contributed by atoms with Crippen LogP contribution in [0.5, 0.6) is 0 Å². The lowest BCUT2D eigenvalue weighted by atomic mass is 10.1. The Bertz CT molecular complexity index is 1020. The van der Waals surface area contributed by atoms with Gasteiger partial charge in [-0.05, 0) is 24.6 Å². The Labute approximate surface area is 157 Å². The Balaban J connectivity index is 1.55. The van der Waals surface area contributed by atoms with E-state index in [4.69, 9.17) is 9.47 Å². The highest BCUT2D eigenvalue weighted by molar-refractivity contribution is 5.33. The SMILES string of the molecule is Cc1cn(C2CC3C(COC(c4ccc([N+](=O)[O-])cc4)N3O)O2)c(=O)[nH]c1=O. The van der Waals surface area contributed by atoms with Crippen molar-refractivity contribution in [3.63, 3.8) is 0 Å². The molecule has 0 aliphatic carbocycles. The molecule has 11 heteroatoms. The van der Waals surface area contributed by atoms with Crippen LogP contribution in [0, 0.1) is 17.0 Å². The zero-order chi connectivity index (χ0) is 20.0. The first-order valence-corrected chi connectivity index (χ1v) is 8.66. The summed E-state index contributed by atoms with van der Waals surface area (Å²) < 4.78 is 12.8. The second-order valence-corrected chi connectivity index (χ2v) is 6.83. The Morgan fingerprint density at radius 2 is 2.00 bits per heavy atom. The number of hydrogen-bond donors (Lipinski definition) is 2. The molecule has 3 heterocycles. The highest BCUT2D eigenvalue weighted by atomic mass is 16.6. The summed E-state index contributed by atoms with van der Waals surface area (Å²) in [4.78, 5) is 36.2. The Morgan fingerprint density at radius 3 is 2.68 bits per heavy atom. The van der Waals surface area contributed by atoms with Crippen LogP contribution in [0.4, 0.5) is 5.69 Å². The van der Waals surface area contributed by atoms with Gasteiger partial charge in [0.2, 0.25) is 0 Å². The molecule has 1 aromatic heterocycles. The van der Waals surface area contributed by atoms with Crippen molar-refractivity contribution in [2.75, 3.05) is 6.61 Å². The average Bonchev–Trinajstić information content (AvgIpc) is 3.10. The number of aromatic amines is 1. The standard InChI is InChI=1S/C17H18N4O7/c1-9-7-19(17(23)18-15(9)22)14-6-12-13(28-14)8-27-16(20(12)24)10-2-4-11(5-3-10)21(25)26/h2-5,7,12-14,16,24H,6,8H2,1H3,(H,18,22,23). The van der Waals surface area contributed by atoms with Crippen LogP contribution in [-0.4, -0.2) is 43.5 Å². The molecule has 4 rings (SSSR count). The van der Waals surface area contributed by atoms with Crippen molar-refractivity contribution in [2.24, 2.45) is 0 Å². The lowest BCUT2D eigenvalue weighted by Crippen LogP contribution is -2.49. The molecule has 2 aliphatic rings. The number of ether oxygens (including phenoxy) is 2. The number of aryl methyl sites for hydroxylation is 1. The molecular formula is C17H18N4O7. The fourth-order valence-corrected chi connectivity index (χ4v) is 3.56. The fraction of sp³-hybridized carbons (Fsp3) is 0.412. The fourth-order valence-electron chi connectivity index (χ4n) is 3.56. The monoisotopic (exact) mass is 390 g/mol. The van der Waals surface area contributed by atoms with E-state index in [0.29, 0.717) is 17.5 Å². The third-order valence-corrected chi connectivity index (χ3v) is 5.05. The minimum absolute atomic E-state index is 0.0565. The first-order chi connectivity index (χ1) is 13.3. The summed E-state index contributed by atoms with van der Waals surface area (Å²) >= 11 is 0. The molecule has 0 radical (unpaired) electrons. The summed E-state index contributed by atoms with van der Waals surface area (Å²) in [5, 5.41) is 22.5. The molecule has 148 valence electrons. The van der Waals surface area contributed by atoms with Crippen LogP contribution in [-0.2, 0) is 9.47 Å². The number of aromatic nitrogens is 2. The smallest absolute Gasteiger partial charge is 0.330 e. The van der Waals surface area contributed by atoms with E-state index in [1.165, 1.54) is 35.0 Å². The molecule has 4 atom stereocenters. The molecule has 0 amide bonds. The first-order valence-electron chi connectivity index (χ1n) is 8.66. The minimum Gasteiger partial charge on any atom is -0.354 e. The van der Waals surface area contributed by atoms with E-state index >= 15 is 0 Å². The first kappa shape index (κ1) is 18.5. The number of hydrogen-bond acceptors (Lipinski definition) is 8. The van der Waals surface area contributed by atoms with E-state index in [1.54, 1.807) is 6.92 Å². The highest BCUT2D eigenvalue weighted by Gasteiger charge is 2.46. The van der Waals surface area contributed by atoms with Crippen LogP contribution in [0.25, 0.3) is 0 Å². The predicted molar refractivity (Wildman–Crippen MR) is 93.8 cm³/mol. The van der Waals surface area contributed by atoms with Crippen molar-refractivity contribution in [3.05, 3.63) is 72.5 Å². The summed E-state index contributed by atoms with van der Waals surface area (Å²) in [6.07, 6.45) is -0.201. The largest absolute Gasteiger partial charge is 0.354 e. The van der Waals surface area contributed by atoms with Gasteiger partial charge < -0.3 is 14.7 Å². The number of non-ortho nitro benzene ring substituents is 1. The van der Waals surface area contributed by atoms with Gasteiger partial charge in [-0.3, -0.25) is 24.5 Å². The van der Waals surface area contributed by atoms with Crippen molar-refractivity contribution in [1.29, 1.82) is 0 Å². The van der Waals surface area contributed by atoms with Crippen LogP contribution in [0.2, 0.25) is 0 Å². The molecule has 0 saturated carbocycles. The maximum Gasteiger partial charge on any atom is 0.330 e. The van der Waals surface area contributed by atoms with E-state index in [-0.39, 0.29) is 12.3 Å². The number of fused-ring (bicyclic) bond motifs is 1. The molecule has 28 heavy (non-hydrogen) atoms. The van der Waals surface area contributed by atoms with Gasteiger partial charge in [0.05, 0.1) is 17.6 Å². The number of nitro groups is 1. The number of benzene rings is 1. The van der Waals surface area contributed by atoms with Crippen molar-refractivity contribution >= 4 is 5.69 Å². The molecule has 2 aliphatic heterocycles. The predicted octanol–water partition coefficient (Wildman–Crippen LogP) is 0.830. The number of nitrogens with one attached hydrogen (secondary N) is 1. The second kappa shape index (κ2) is 6.95. The van der Waals surface area contributed by atoms with Gasteiger partial charge in [-0.15, -0.1) is 0 Å². The summed E-state index contributed by atoms with van der Waals surface area (Å²) in [5.41, 5.74) is -0.163. The Morgan fingerprint density at radius 1 is 1.29 bits per heavy atom. The molecule has 2 aromatic rings. The van der Waals surface area contributed by atoms with Crippen LogP contribution >= 0.6 is 0 Å². The van der Waals surface area contributed by atoms with E-state index in [1.807, 2.05) is 0 Å². The Kier molecular flexibility index (Phi) is 4.59. The number of nitro benzene ring substituents is 1. The van der Waals surface area contributed by atoms with Crippen LogP contribution in [0.15, 0.2) is 40.1 Å². The van der Waals surface area contributed by atoms with Gasteiger partial charge in [0.15, 0.2) is 6.23 Å². The molecule has 1 aromatic carbocycles. The second-order valence-electron chi connectivity index (χ2n) is 6.83. The van der Waals surface area contributed by atoms with E-state index in [0.717, 1.165) is 5.06 Å². The van der Waals surface area contributed by atoms with E-state index in [9.17, 15) is 24.9 Å². The number of rotatable bonds is 3. The van der Waals surface area contributed by atoms with Crippen molar-refractivity contribution < 1.29 is 19.6 Å². The van der Waals surface area contributed by atoms with E-state index in [2.05, 4.69) is 4.98 Å². The van der Waals surface area contributed by atoms with Crippen molar-refractivity contribution in [2.45, 2.75) is 37.9 Å². The molecule has 4 unspecified atom stereocenters. The van der Waals surface area contributed by atoms with Crippen LogP contribution in [0.3, 0.4) is 0 Å². The molecule has 0 bridgehead atoms. The van der Waals surface area contributed by atoms with Gasteiger partial charge in [0.1, 0.15) is 12.3 Å². The quantitative estimate of drug-likeness (QED) is 0.580. The van der Waals surface area contributed by atoms with Crippen molar-refractivity contribution in [1.82, 2.24) is 14.6 Å². The molecular weight excluding hydrogens is 372 g/mol. The van der Waals surface area contributed by atoms with Gasteiger partial charge in [-0.1, -0.05) is 0 Å². The number of hydroxylamine groups is 2. The van der Waals surface area contributed by atoms with Gasteiger partial charge in [-0.25, -0.2) is 4.79 Å². The van der Waals surface area contributed by atoms with Gasteiger partial charge in [0.25, 0.3) is 11.2 Å². The lowest BCUT2D eigenvalue weighted by Gasteiger charge is -2.38. The zero-order valence-corrected chi connectivity index (χ0v) is 14.8. The van der Waals surface area contributed by atoms with Crippen LogP contribution < -0.4 is 11.2 Å². The number of H-pyrrole nitrogens is 1. The molecule has 2 fully saturated rings. The molecule has 0 spiro atoms. The summed E-state index contributed by atoms with van der Waals surface area (Å²) in [6.45, 7) is 1.76. The molecule has 11 nitrogen and oxygen atoms in total. The lowest BCUT2D eigenvalue weighted by molar-refractivity contribution is -0.384. The summed E-state index contributed by atoms with van der Waals surface area (Å²) in [7, 11) is 0. The number of nitrogens with zero attached hydrogens (tertiary/aromatic N) is 3. The van der Waals surface area contributed by atoms with Gasteiger partial charge in [-0.2, -0.15) is 5.06 Å². The zero-order valence-electron chi connectivity index (χ0n) is 14.8. The molecule has 2 N–H and O–H groups in total. The Hall–Kier alpha value is -2.86. The summed E-state index contributed by atoms with van der Waals surface area (Å²) in [5.74, 6) is 0. The maximum atomic E-state index is 12.1. The summed E-state index contributed by atoms with van der Waals surface area (Å²) in [6, 6.07) is 5.29. The highest BCUT2D eigenvalue weighted by Crippen LogP contribution is 2.39. The normalized spacial score (nSPS) is 27.5. The van der Waals surface area contributed by atoms with Crippen LogP contribution in [0.1, 0.15) is 30.0 Å². The van der Waals surface area contributed by atoms with E-state index < -0.39 is 40.8 Å². The average molecular weight is 390 g/mol. The molecule has 2 saturated heterocycles. The topological polar surface area (TPSA) is 140 Å². The maximum absolute atomic E-state index is 12.1.